The molecule has 226 valence electrons. The Morgan fingerprint density at radius 1 is 0.711 bits per heavy atom. The number of rotatable bonds is 13. The molecule has 4 N–H and O–H groups in total. The highest BCUT2D eigenvalue weighted by Gasteiger charge is 2.29. The maximum atomic E-state index is 14.0. The van der Waals surface area contributed by atoms with Crippen LogP contribution in [0.3, 0.4) is 0 Å². The SMILES string of the molecule is COc1ccc(NNC=Nc2cccc(C(NC(=O)C(c3ccccc3)c3ccccc3)C(=O)NCc3ccccc3)c2)cc1. The van der Waals surface area contributed by atoms with Gasteiger partial charge in [0, 0.05) is 6.54 Å². The minimum Gasteiger partial charge on any atom is -0.497 e. The molecule has 1 atom stereocenters. The summed E-state index contributed by atoms with van der Waals surface area (Å²) in [7, 11) is 1.62. The average Bonchev–Trinajstić information content (AvgIpc) is 3.10. The van der Waals surface area contributed by atoms with E-state index in [-0.39, 0.29) is 11.8 Å². The molecule has 5 aromatic carbocycles. The number of hydrogen-bond donors (Lipinski definition) is 4. The molecule has 0 saturated carbocycles. The summed E-state index contributed by atoms with van der Waals surface area (Å²) in [6.07, 6.45) is 1.52. The Bertz CT molecular complexity index is 1660. The Balaban J connectivity index is 1.37. The number of carbonyl (C=O) groups excluding carboxylic acids is 2. The standard InChI is InChI=1S/C37H35N5O3/c1-45-33-22-20-31(21-23-33)42-40-26-39-32-19-11-18-30(24-32)35(37(44)38-25-27-12-5-2-6-13-27)41-36(43)34(28-14-7-3-8-15-28)29-16-9-4-10-17-29/h2-24,26,34-35,42H,25H2,1H3,(H,38,44)(H,39,40)(H,41,43). The average molecular weight is 598 g/mol. The van der Waals surface area contributed by atoms with Crippen molar-refractivity contribution in [1.29, 1.82) is 0 Å². The van der Waals surface area contributed by atoms with E-state index in [4.69, 9.17) is 4.74 Å². The van der Waals surface area contributed by atoms with E-state index in [1.165, 1.54) is 6.34 Å². The highest BCUT2D eigenvalue weighted by Crippen LogP contribution is 2.27. The number of hydrazine groups is 1. The van der Waals surface area contributed by atoms with E-state index in [1.807, 2.05) is 133 Å². The molecule has 0 bridgehead atoms. The summed E-state index contributed by atoms with van der Waals surface area (Å²) in [5, 5.41) is 6.05. The van der Waals surface area contributed by atoms with Gasteiger partial charge in [-0.3, -0.25) is 15.0 Å². The highest BCUT2D eigenvalue weighted by atomic mass is 16.5. The number of hydrogen-bond acceptors (Lipinski definition) is 5. The molecule has 5 rings (SSSR count). The van der Waals surface area contributed by atoms with Crippen LogP contribution in [0.1, 0.15) is 34.2 Å². The molecule has 0 aliphatic heterocycles. The van der Waals surface area contributed by atoms with Gasteiger partial charge in [-0.15, -0.1) is 0 Å². The number of amides is 2. The van der Waals surface area contributed by atoms with Crippen molar-refractivity contribution in [3.05, 3.63) is 162 Å². The predicted octanol–water partition coefficient (Wildman–Crippen LogP) is 6.28. The van der Waals surface area contributed by atoms with Gasteiger partial charge >= 0.3 is 0 Å². The second-order valence-corrected chi connectivity index (χ2v) is 10.3. The molecule has 0 aliphatic carbocycles. The highest BCUT2D eigenvalue weighted by molar-refractivity contribution is 5.93. The van der Waals surface area contributed by atoms with Crippen LogP contribution in [0, 0.1) is 0 Å². The van der Waals surface area contributed by atoms with Gasteiger partial charge in [0.25, 0.3) is 0 Å². The first-order valence-electron chi connectivity index (χ1n) is 14.6. The Labute approximate surface area is 263 Å². The van der Waals surface area contributed by atoms with Crippen LogP contribution < -0.4 is 26.2 Å². The molecule has 0 radical (unpaired) electrons. The van der Waals surface area contributed by atoms with Gasteiger partial charge in [-0.1, -0.05) is 103 Å². The molecule has 0 fully saturated rings. The zero-order chi connectivity index (χ0) is 31.3. The van der Waals surface area contributed by atoms with Gasteiger partial charge in [0.1, 0.15) is 18.1 Å². The lowest BCUT2D eigenvalue weighted by Crippen LogP contribution is -2.42. The molecule has 1 unspecified atom stereocenters. The Hall–Kier alpha value is -5.89. The summed E-state index contributed by atoms with van der Waals surface area (Å²) in [4.78, 5) is 32.3. The number of aliphatic imine (C=N–C) groups is 1. The smallest absolute Gasteiger partial charge is 0.247 e. The second-order valence-electron chi connectivity index (χ2n) is 10.3. The first kappa shape index (κ1) is 30.6. The number of nitrogens with zero attached hydrogens (tertiary/aromatic N) is 1. The quantitative estimate of drug-likeness (QED) is 0.0727. The van der Waals surface area contributed by atoms with Crippen LogP contribution in [0.2, 0.25) is 0 Å². The lowest BCUT2D eigenvalue weighted by molar-refractivity contribution is -0.129. The van der Waals surface area contributed by atoms with Crippen molar-refractivity contribution in [3.63, 3.8) is 0 Å². The fourth-order valence-electron chi connectivity index (χ4n) is 4.88. The topological polar surface area (TPSA) is 104 Å². The Morgan fingerprint density at radius 3 is 1.93 bits per heavy atom. The summed E-state index contributed by atoms with van der Waals surface area (Å²) in [6.45, 7) is 0.325. The van der Waals surface area contributed by atoms with Gasteiger partial charge in [0.05, 0.1) is 24.4 Å². The zero-order valence-electron chi connectivity index (χ0n) is 24.9. The van der Waals surface area contributed by atoms with Crippen molar-refractivity contribution in [1.82, 2.24) is 16.1 Å². The van der Waals surface area contributed by atoms with Gasteiger partial charge in [0.2, 0.25) is 11.8 Å². The van der Waals surface area contributed by atoms with E-state index in [9.17, 15) is 9.59 Å². The molecule has 45 heavy (non-hydrogen) atoms. The molecule has 5 aromatic rings. The predicted molar refractivity (Wildman–Crippen MR) is 178 cm³/mol. The normalized spacial score (nSPS) is 11.5. The third-order valence-electron chi connectivity index (χ3n) is 7.17. The van der Waals surface area contributed by atoms with E-state index in [0.717, 1.165) is 28.1 Å². The van der Waals surface area contributed by atoms with E-state index in [1.54, 1.807) is 13.2 Å². The lowest BCUT2D eigenvalue weighted by atomic mass is 9.90. The molecule has 8 heteroatoms. The van der Waals surface area contributed by atoms with E-state index < -0.39 is 12.0 Å². The van der Waals surface area contributed by atoms with Crippen molar-refractivity contribution in [2.75, 3.05) is 12.5 Å². The minimum atomic E-state index is -0.961. The Kier molecular flexibility index (Phi) is 10.6. The molecule has 2 amide bonds. The van der Waals surface area contributed by atoms with Gasteiger partial charge in [0.15, 0.2) is 0 Å². The number of methoxy groups -OCH3 is 1. The van der Waals surface area contributed by atoms with Crippen molar-refractivity contribution in [3.8, 4) is 5.75 Å². The third kappa shape index (κ3) is 8.58. The number of benzene rings is 5. The van der Waals surface area contributed by atoms with Crippen LogP contribution in [0.15, 0.2) is 145 Å². The molecule has 0 aromatic heterocycles. The van der Waals surface area contributed by atoms with Gasteiger partial charge in [-0.05, 0) is 58.7 Å². The van der Waals surface area contributed by atoms with Crippen molar-refractivity contribution >= 4 is 29.5 Å². The van der Waals surface area contributed by atoms with Crippen LogP contribution in [0.4, 0.5) is 11.4 Å². The van der Waals surface area contributed by atoms with E-state index in [2.05, 4.69) is 26.5 Å². The third-order valence-corrected chi connectivity index (χ3v) is 7.17. The van der Waals surface area contributed by atoms with Crippen LogP contribution in [-0.2, 0) is 16.1 Å². The number of nitrogens with one attached hydrogen (secondary N) is 4. The first-order valence-corrected chi connectivity index (χ1v) is 14.6. The monoisotopic (exact) mass is 597 g/mol. The Morgan fingerprint density at radius 2 is 1.31 bits per heavy atom. The summed E-state index contributed by atoms with van der Waals surface area (Å²) < 4.78 is 5.19. The number of anilines is 1. The molecule has 0 aliphatic rings. The van der Waals surface area contributed by atoms with Crippen LogP contribution in [0.5, 0.6) is 5.75 Å². The van der Waals surface area contributed by atoms with Crippen molar-refractivity contribution < 1.29 is 14.3 Å². The van der Waals surface area contributed by atoms with Gasteiger partial charge in [-0.25, -0.2) is 4.99 Å². The van der Waals surface area contributed by atoms with Gasteiger partial charge in [-0.2, -0.15) is 0 Å². The van der Waals surface area contributed by atoms with Crippen LogP contribution >= 0.6 is 0 Å². The number of carbonyl (C=O) groups is 2. The summed E-state index contributed by atoms with van der Waals surface area (Å²) >= 11 is 0. The molecular weight excluding hydrogens is 562 g/mol. The maximum absolute atomic E-state index is 14.0. The van der Waals surface area contributed by atoms with E-state index >= 15 is 0 Å². The molecule has 8 nitrogen and oxygen atoms in total. The van der Waals surface area contributed by atoms with Gasteiger partial charge < -0.3 is 20.8 Å². The zero-order valence-corrected chi connectivity index (χ0v) is 24.9. The fourth-order valence-corrected chi connectivity index (χ4v) is 4.88. The lowest BCUT2D eigenvalue weighted by Gasteiger charge is -2.24. The summed E-state index contributed by atoms with van der Waals surface area (Å²) in [6, 6.07) is 42.5. The largest absolute Gasteiger partial charge is 0.497 e. The first-order chi connectivity index (χ1) is 22.1. The molecule has 0 saturated heterocycles. The van der Waals surface area contributed by atoms with Crippen molar-refractivity contribution in [2.45, 2.75) is 18.5 Å². The molecule has 0 heterocycles. The fraction of sp³-hybridized carbons (Fsp3) is 0.108. The summed E-state index contributed by atoms with van der Waals surface area (Å²) in [5.41, 5.74) is 10.7. The summed E-state index contributed by atoms with van der Waals surface area (Å²) in [5.74, 6) is -0.454. The molecular formula is C37H35N5O3. The molecule has 0 spiro atoms. The van der Waals surface area contributed by atoms with Crippen LogP contribution in [-0.4, -0.2) is 25.3 Å². The van der Waals surface area contributed by atoms with Crippen LogP contribution in [0.25, 0.3) is 0 Å². The van der Waals surface area contributed by atoms with Crippen molar-refractivity contribution in [2.24, 2.45) is 4.99 Å². The maximum Gasteiger partial charge on any atom is 0.247 e. The minimum absolute atomic E-state index is 0.286. The van der Waals surface area contributed by atoms with E-state index in [0.29, 0.717) is 17.8 Å². The second kappa shape index (κ2) is 15.5. The number of ether oxygens (including phenoxy) is 1.